The summed E-state index contributed by atoms with van der Waals surface area (Å²) in [5.41, 5.74) is 1.23. The van der Waals surface area contributed by atoms with Gasteiger partial charge >= 0.3 is 5.97 Å². The number of unbranched alkanes of at least 4 members (excludes halogenated alkanes) is 2. The van der Waals surface area contributed by atoms with Crippen molar-refractivity contribution in [2.45, 2.75) is 33.1 Å². The smallest absolute Gasteiger partial charge is 0.358 e. The summed E-state index contributed by atoms with van der Waals surface area (Å²) in [5, 5.41) is 6.75. The van der Waals surface area contributed by atoms with E-state index < -0.39 is 27.5 Å². The van der Waals surface area contributed by atoms with Gasteiger partial charge in [-0.1, -0.05) is 25.8 Å². The molecule has 2 rings (SSSR count). The van der Waals surface area contributed by atoms with Crippen LogP contribution in [0.1, 0.15) is 43.6 Å². The minimum absolute atomic E-state index is 0.0121. The van der Waals surface area contributed by atoms with Crippen molar-refractivity contribution < 1.29 is 22.7 Å². The maximum Gasteiger partial charge on any atom is 0.358 e. The fraction of sp³-hybridized carbons (Fsp3) is 0.421. The van der Waals surface area contributed by atoms with Crippen molar-refractivity contribution in [1.29, 1.82) is 0 Å². The second-order valence-electron chi connectivity index (χ2n) is 6.26. The molecule has 0 spiro atoms. The topological polar surface area (TPSA) is 107 Å². The van der Waals surface area contributed by atoms with Gasteiger partial charge in [0.15, 0.2) is 15.5 Å². The van der Waals surface area contributed by atoms with Crippen LogP contribution in [0.15, 0.2) is 36.5 Å². The quantitative estimate of drug-likeness (QED) is 0.479. The highest BCUT2D eigenvalue weighted by molar-refractivity contribution is 7.92. The number of nitrogens with zero attached hydrogens (tertiary/aromatic N) is 2. The summed E-state index contributed by atoms with van der Waals surface area (Å²) >= 11 is 0. The first-order chi connectivity index (χ1) is 13.3. The first-order valence-electron chi connectivity index (χ1n) is 9.18. The summed E-state index contributed by atoms with van der Waals surface area (Å²) in [6, 6.07) is 8.28. The number of sulfone groups is 1. The lowest BCUT2D eigenvalue weighted by atomic mass is 10.3. The van der Waals surface area contributed by atoms with Crippen molar-refractivity contribution in [3.05, 3.63) is 42.2 Å². The number of nitrogens with one attached hydrogen (secondary N) is 1. The second-order valence-corrected chi connectivity index (χ2v) is 8.45. The lowest BCUT2D eigenvalue weighted by Crippen LogP contribution is -2.24. The Labute approximate surface area is 164 Å². The average molecular weight is 407 g/mol. The van der Waals surface area contributed by atoms with E-state index in [0.29, 0.717) is 17.8 Å². The molecule has 0 radical (unpaired) electrons. The lowest BCUT2D eigenvalue weighted by Gasteiger charge is -2.08. The Kier molecular flexibility index (Phi) is 7.74. The number of rotatable bonds is 10. The van der Waals surface area contributed by atoms with Crippen LogP contribution in [-0.4, -0.2) is 48.2 Å². The van der Waals surface area contributed by atoms with Crippen LogP contribution in [0.2, 0.25) is 0 Å². The van der Waals surface area contributed by atoms with E-state index in [0.717, 1.165) is 12.8 Å². The third kappa shape index (κ3) is 6.49. The van der Waals surface area contributed by atoms with Gasteiger partial charge in [0.1, 0.15) is 5.75 Å². The molecule has 1 heterocycles. The van der Waals surface area contributed by atoms with E-state index in [-0.39, 0.29) is 18.1 Å². The molecule has 1 N–H and O–H groups in total. The van der Waals surface area contributed by atoms with Crippen molar-refractivity contribution in [2.75, 3.05) is 23.4 Å². The van der Waals surface area contributed by atoms with E-state index >= 15 is 0 Å². The summed E-state index contributed by atoms with van der Waals surface area (Å²) in [6.07, 6.45) is 3.90. The van der Waals surface area contributed by atoms with E-state index in [4.69, 9.17) is 4.74 Å². The highest BCUT2D eigenvalue weighted by Gasteiger charge is 2.17. The van der Waals surface area contributed by atoms with Gasteiger partial charge in [0.05, 0.1) is 18.0 Å². The summed E-state index contributed by atoms with van der Waals surface area (Å²) < 4.78 is 30.4. The van der Waals surface area contributed by atoms with Crippen LogP contribution in [0.4, 0.5) is 5.69 Å². The van der Waals surface area contributed by atoms with Gasteiger partial charge in [-0.2, -0.15) is 5.10 Å². The average Bonchev–Trinajstić information content (AvgIpc) is 3.12. The summed E-state index contributed by atoms with van der Waals surface area (Å²) in [5.74, 6) is -1.63. The Morgan fingerprint density at radius 3 is 2.68 bits per heavy atom. The molecule has 28 heavy (non-hydrogen) atoms. The van der Waals surface area contributed by atoms with Crippen molar-refractivity contribution in [3.63, 3.8) is 0 Å². The highest BCUT2D eigenvalue weighted by atomic mass is 32.2. The Balaban J connectivity index is 2.03. The molecule has 2 aromatic rings. The summed E-state index contributed by atoms with van der Waals surface area (Å²) in [7, 11) is -3.43. The van der Waals surface area contributed by atoms with Gasteiger partial charge < -0.3 is 10.1 Å². The van der Waals surface area contributed by atoms with Crippen LogP contribution in [0.5, 0.6) is 0 Å². The first kappa shape index (κ1) is 21.6. The molecule has 0 atom stereocenters. The summed E-state index contributed by atoms with van der Waals surface area (Å²) in [4.78, 5) is 23.8. The highest BCUT2D eigenvalue weighted by Crippen LogP contribution is 2.15. The molecule has 9 heteroatoms. The zero-order valence-electron chi connectivity index (χ0n) is 16.1. The van der Waals surface area contributed by atoms with E-state index in [1.54, 1.807) is 37.4 Å². The zero-order chi connectivity index (χ0) is 20.6. The van der Waals surface area contributed by atoms with Crippen LogP contribution in [0.3, 0.4) is 0 Å². The van der Waals surface area contributed by atoms with E-state index in [2.05, 4.69) is 10.4 Å². The molecule has 152 valence electrons. The van der Waals surface area contributed by atoms with Crippen molar-refractivity contribution in [2.24, 2.45) is 0 Å². The largest absolute Gasteiger partial charge is 0.461 e. The van der Waals surface area contributed by atoms with Crippen molar-refractivity contribution in [3.8, 4) is 5.69 Å². The van der Waals surface area contributed by atoms with Gasteiger partial charge in [-0.3, -0.25) is 4.79 Å². The molecule has 0 unspecified atom stereocenters. The number of aromatic nitrogens is 2. The van der Waals surface area contributed by atoms with Gasteiger partial charge in [0.2, 0.25) is 5.91 Å². The molecule has 1 aromatic heterocycles. The standard InChI is InChI=1S/C19H25N3O5S/c1-3-5-6-12-28(25,26)14-18(23)20-15-8-7-9-16(13-15)22-11-10-17(21-22)19(24)27-4-2/h7-11,13H,3-6,12,14H2,1-2H3,(H,20,23). The molecule has 0 aliphatic heterocycles. The minimum Gasteiger partial charge on any atom is -0.461 e. The van der Waals surface area contributed by atoms with E-state index in [9.17, 15) is 18.0 Å². The molecule has 1 amide bonds. The molecule has 1 aromatic carbocycles. The van der Waals surface area contributed by atoms with E-state index in [1.807, 2.05) is 6.92 Å². The number of hydrogen-bond donors (Lipinski definition) is 1. The molecule has 0 saturated carbocycles. The Morgan fingerprint density at radius 1 is 1.18 bits per heavy atom. The van der Waals surface area contributed by atoms with Gasteiger partial charge in [0, 0.05) is 11.9 Å². The van der Waals surface area contributed by atoms with Crippen molar-refractivity contribution >= 4 is 27.4 Å². The molecular formula is C19H25N3O5S. The minimum atomic E-state index is -3.43. The van der Waals surface area contributed by atoms with Gasteiger partial charge in [-0.25, -0.2) is 17.9 Å². The predicted octanol–water partition coefficient (Wildman–Crippen LogP) is 2.59. The fourth-order valence-corrected chi connectivity index (χ4v) is 3.81. The Hall–Kier alpha value is -2.68. The third-order valence-corrected chi connectivity index (χ3v) is 5.49. The predicted molar refractivity (Wildman–Crippen MR) is 106 cm³/mol. The normalized spacial score (nSPS) is 11.2. The number of anilines is 1. The van der Waals surface area contributed by atoms with Gasteiger partial charge in [0.25, 0.3) is 0 Å². The maximum atomic E-state index is 12.1. The molecule has 0 saturated heterocycles. The van der Waals surface area contributed by atoms with Crippen LogP contribution in [0, 0.1) is 0 Å². The molecule has 0 aliphatic carbocycles. The number of esters is 1. The fourth-order valence-electron chi connectivity index (χ4n) is 2.55. The number of ether oxygens (including phenoxy) is 1. The van der Waals surface area contributed by atoms with Crippen LogP contribution in [-0.2, 0) is 19.4 Å². The van der Waals surface area contributed by atoms with Crippen LogP contribution >= 0.6 is 0 Å². The molecule has 0 aliphatic rings. The van der Waals surface area contributed by atoms with Gasteiger partial charge in [-0.05, 0) is 37.6 Å². The SMILES string of the molecule is CCCCCS(=O)(=O)CC(=O)Nc1cccc(-n2ccc(C(=O)OCC)n2)c1. The number of carbonyl (C=O) groups excluding carboxylic acids is 2. The third-order valence-electron chi connectivity index (χ3n) is 3.88. The molecule has 0 bridgehead atoms. The van der Waals surface area contributed by atoms with Gasteiger partial charge in [-0.15, -0.1) is 0 Å². The first-order valence-corrected chi connectivity index (χ1v) is 11.0. The molecule has 8 nitrogen and oxygen atoms in total. The van der Waals surface area contributed by atoms with E-state index in [1.165, 1.54) is 10.7 Å². The second kappa shape index (κ2) is 10.0. The molecule has 0 fully saturated rings. The number of carbonyl (C=O) groups is 2. The van der Waals surface area contributed by atoms with Crippen molar-refractivity contribution in [1.82, 2.24) is 9.78 Å². The number of hydrogen-bond acceptors (Lipinski definition) is 6. The number of benzene rings is 1. The maximum absolute atomic E-state index is 12.1. The number of amides is 1. The Bertz CT molecular complexity index is 921. The lowest BCUT2D eigenvalue weighted by molar-refractivity contribution is -0.113. The Morgan fingerprint density at radius 2 is 1.96 bits per heavy atom. The monoisotopic (exact) mass is 407 g/mol. The van der Waals surface area contributed by atoms with Crippen LogP contribution < -0.4 is 5.32 Å². The molecular weight excluding hydrogens is 382 g/mol. The van der Waals surface area contributed by atoms with Crippen LogP contribution in [0.25, 0.3) is 5.69 Å². The summed E-state index contributed by atoms with van der Waals surface area (Å²) in [6.45, 7) is 3.96. The zero-order valence-corrected chi connectivity index (χ0v) is 16.9.